The molecule has 0 aliphatic carbocycles. The molecule has 6 heteroatoms. The van der Waals surface area contributed by atoms with Gasteiger partial charge in [0.05, 0.1) is 22.7 Å². The Morgan fingerprint density at radius 1 is 1.07 bits per heavy atom. The van der Waals surface area contributed by atoms with Crippen molar-refractivity contribution >= 4 is 33.4 Å². The zero-order valence-electron chi connectivity index (χ0n) is 13.9. The van der Waals surface area contributed by atoms with Crippen molar-refractivity contribution in [3.05, 3.63) is 86.9 Å². The molecule has 2 aromatic carbocycles. The second kappa shape index (κ2) is 5.94. The lowest BCUT2D eigenvalue weighted by atomic mass is 10.1. The molecule has 3 heterocycles. The maximum absolute atomic E-state index is 12.8. The van der Waals surface area contributed by atoms with Crippen LogP contribution in [0.3, 0.4) is 0 Å². The number of imidazole rings is 1. The van der Waals surface area contributed by atoms with Gasteiger partial charge in [0.15, 0.2) is 4.96 Å². The lowest BCUT2D eigenvalue weighted by Gasteiger charge is -1.98. The van der Waals surface area contributed by atoms with Crippen LogP contribution in [0.1, 0.15) is 11.3 Å². The molecule has 5 aromatic rings. The van der Waals surface area contributed by atoms with E-state index in [1.807, 2.05) is 42.5 Å². The van der Waals surface area contributed by atoms with Crippen LogP contribution >= 0.6 is 11.3 Å². The van der Waals surface area contributed by atoms with Gasteiger partial charge < -0.3 is 4.42 Å². The minimum atomic E-state index is -0.112. The molecule has 3 aromatic heterocycles. The number of fused-ring (bicyclic) bond motifs is 3. The lowest BCUT2D eigenvalue weighted by molar-refractivity contribution is 0.571. The predicted octanol–water partition coefficient (Wildman–Crippen LogP) is 3.59. The highest BCUT2D eigenvalue weighted by Crippen LogP contribution is 2.25. The Morgan fingerprint density at radius 2 is 1.89 bits per heavy atom. The highest BCUT2D eigenvalue weighted by Gasteiger charge is 2.12. The number of aromatic nitrogens is 2. The van der Waals surface area contributed by atoms with Crippen molar-refractivity contribution in [1.29, 1.82) is 5.26 Å². The predicted molar refractivity (Wildman–Crippen MR) is 104 cm³/mol. The molecule has 0 saturated carbocycles. The van der Waals surface area contributed by atoms with E-state index >= 15 is 0 Å². The monoisotopic (exact) mass is 369 g/mol. The largest absolute Gasteiger partial charge is 0.457 e. The van der Waals surface area contributed by atoms with E-state index in [2.05, 4.69) is 11.1 Å². The number of benzene rings is 2. The number of hydrogen-bond donors (Lipinski definition) is 0. The van der Waals surface area contributed by atoms with Crippen molar-refractivity contribution in [2.75, 3.05) is 0 Å². The highest BCUT2D eigenvalue weighted by molar-refractivity contribution is 7.15. The van der Waals surface area contributed by atoms with Crippen LogP contribution in [0.25, 0.3) is 33.4 Å². The quantitative estimate of drug-likeness (QED) is 0.477. The van der Waals surface area contributed by atoms with E-state index in [0.717, 1.165) is 16.6 Å². The first-order valence-corrected chi connectivity index (χ1v) is 9.07. The van der Waals surface area contributed by atoms with E-state index in [1.165, 1.54) is 11.3 Å². The van der Waals surface area contributed by atoms with Gasteiger partial charge in [-0.15, -0.1) is 0 Å². The number of rotatable bonds is 2. The van der Waals surface area contributed by atoms with Gasteiger partial charge in [0.2, 0.25) is 0 Å². The standard InChI is InChI=1S/C21H11N3O2S/c22-12-13-5-1-2-6-15(13)18-10-9-14(26-18)11-19-20(25)24-17-8-4-3-7-16(17)23-21(24)27-19/h1-11H/b19-11-. The van der Waals surface area contributed by atoms with Gasteiger partial charge in [0.1, 0.15) is 16.1 Å². The lowest BCUT2D eigenvalue weighted by Crippen LogP contribution is -2.22. The summed E-state index contributed by atoms with van der Waals surface area (Å²) in [5, 5.41) is 9.25. The van der Waals surface area contributed by atoms with Crippen LogP contribution in [0.5, 0.6) is 0 Å². The molecule has 5 nitrogen and oxygen atoms in total. The molecule has 0 amide bonds. The molecule has 0 bridgehead atoms. The summed E-state index contributed by atoms with van der Waals surface area (Å²) < 4.78 is 8.04. The molecule has 5 rings (SSSR count). The van der Waals surface area contributed by atoms with E-state index in [9.17, 15) is 10.1 Å². The third-order valence-corrected chi connectivity index (χ3v) is 5.33. The van der Waals surface area contributed by atoms with Gasteiger partial charge in [-0.1, -0.05) is 35.6 Å². The molecule has 27 heavy (non-hydrogen) atoms. The van der Waals surface area contributed by atoms with Gasteiger partial charge >= 0.3 is 0 Å². The smallest absolute Gasteiger partial charge is 0.275 e. The molecule has 0 aliphatic heterocycles. The normalized spacial score (nSPS) is 12.0. The van der Waals surface area contributed by atoms with Crippen molar-refractivity contribution in [2.45, 2.75) is 0 Å². The first-order valence-electron chi connectivity index (χ1n) is 8.25. The Labute approximate surface area is 157 Å². The minimum absolute atomic E-state index is 0.112. The van der Waals surface area contributed by atoms with E-state index < -0.39 is 0 Å². The van der Waals surface area contributed by atoms with E-state index in [4.69, 9.17) is 4.42 Å². The van der Waals surface area contributed by atoms with Crippen LogP contribution in [0.4, 0.5) is 0 Å². The number of nitrogens with zero attached hydrogens (tertiary/aromatic N) is 3. The maximum atomic E-state index is 12.8. The van der Waals surface area contributed by atoms with E-state index in [1.54, 1.807) is 28.7 Å². The zero-order chi connectivity index (χ0) is 18.4. The third kappa shape index (κ3) is 2.45. The van der Waals surface area contributed by atoms with Crippen LogP contribution in [0.2, 0.25) is 0 Å². The summed E-state index contributed by atoms with van der Waals surface area (Å²) in [4.78, 5) is 18.0. The molecule has 128 valence electrons. The molecule has 0 unspecified atom stereocenters. The fourth-order valence-corrected chi connectivity index (χ4v) is 4.08. The maximum Gasteiger partial charge on any atom is 0.275 e. The Kier molecular flexibility index (Phi) is 3.42. The summed E-state index contributed by atoms with van der Waals surface area (Å²) in [5.74, 6) is 1.15. The van der Waals surface area contributed by atoms with Gasteiger partial charge in [-0.3, -0.25) is 4.79 Å². The molecular formula is C21H11N3O2S. The second-order valence-corrected chi connectivity index (χ2v) is 7.00. The van der Waals surface area contributed by atoms with Crippen LogP contribution in [-0.2, 0) is 0 Å². The molecule has 0 atom stereocenters. The van der Waals surface area contributed by atoms with E-state index in [-0.39, 0.29) is 5.56 Å². The number of nitriles is 1. The summed E-state index contributed by atoms with van der Waals surface area (Å²) in [5.41, 5.74) is 2.77. The molecule has 0 N–H and O–H groups in total. The van der Waals surface area contributed by atoms with Crippen molar-refractivity contribution in [1.82, 2.24) is 9.38 Å². The zero-order valence-corrected chi connectivity index (χ0v) is 14.7. The molecule has 0 radical (unpaired) electrons. The Bertz CT molecular complexity index is 1470. The third-order valence-electron chi connectivity index (χ3n) is 4.36. The summed E-state index contributed by atoms with van der Waals surface area (Å²) >= 11 is 1.33. The highest BCUT2D eigenvalue weighted by atomic mass is 32.1. The Hall–Kier alpha value is -3.69. The average molecular weight is 369 g/mol. The van der Waals surface area contributed by atoms with Gasteiger partial charge in [0, 0.05) is 11.6 Å². The number of para-hydroxylation sites is 2. The van der Waals surface area contributed by atoms with Crippen LogP contribution < -0.4 is 10.1 Å². The van der Waals surface area contributed by atoms with Crippen LogP contribution in [0, 0.1) is 11.3 Å². The first kappa shape index (κ1) is 15.6. The fourth-order valence-electron chi connectivity index (χ4n) is 3.11. The number of hydrogen-bond acceptors (Lipinski definition) is 5. The van der Waals surface area contributed by atoms with Crippen LogP contribution in [-0.4, -0.2) is 9.38 Å². The Balaban J connectivity index is 1.64. The van der Waals surface area contributed by atoms with Crippen molar-refractivity contribution in [2.24, 2.45) is 0 Å². The molecule has 0 aliphatic rings. The van der Waals surface area contributed by atoms with Crippen molar-refractivity contribution in [3.63, 3.8) is 0 Å². The summed E-state index contributed by atoms with van der Waals surface area (Å²) in [6.45, 7) is 0. The van der Waals surface area contributed by atoms with E-state index in [0.29, 0.717) is 26.6 Å². The van der Waals surface area contributed by atoms with Gasteiger partial charge in [-0.2, -0.15) is 5.26 Å². The average Bonchev–Trinajstić information content (AvgIpc) is 3.38. The SMILES string of the molecule is N#Cc1ccccc1-c1ccc(/C=c2\sc3nc4ccccc4n3c2=O)o1. The molecule has 0 saturated heterocycles. The summed E-state index contributed by atoms with van der Waals surface area (Å²) in [6.07, 6.45) is 1.72. The van der Waals surface area contributed by atoms with Gasteiger partial charge in [-0.25, -0.2) is 9.38 Å². The number of furan rings is 1. The first-order chi connectivity index (χ1) is 13.2. The molecule has 0 fully saturated rings. The minimum Gasteiger partial charge on any atom is -0.457 e. The molecule has 0 spiro atoms. The number of thiazole rings is 1. The van der Waals surface area contributed by atoms with Crippen molar-refractivity contribution < 1.29 is 4.42 Å². The second-order valence-electron chi connectivity index (χ2n) is 5.99. The van der Waals surface area contributed by atoms with Crippen LogP contribution in [0.15, 0.2) is 69.9 Å². The van der Waals surface area contributed by atoms with Crippen molar-refractivity contribution in [3.8, 4) is 17.4 Å². The van der Waals surface area contributed by atoms with Gasteiger partial charge in [0.25, 0.3) is 5.56 Å². The fraction of sp³-hybridized carbons (Fsp3) is 0. The topological polar surface area (TPSA) is 71.3 Å². The Morgan fingerprint density at radius 3 is 2.78 bits per heavy atom. The molecular weight excluding hydrogens is 358 g/mol. The summed E-state index contributed by atoms with van der Waals surface area (Å²) in [6, 6.07) is 20.6. The summed E-state index contributed by atoms with van der Waals surface area (Å²) in [7, 11) is 0. The van der Waals surface area contributed by atoms with Gasteiger partial charge in [-0.05, 0) is 36.4 Å².